The van der Waals surface area contributed by atoms with Crippen molar-refractivity contribution >= 4 is 15.9 Å². The highest BCUT2D eigenvalue weighted by Crippen LogP contribution is 2.43. The number of hydrogen-bond acceptors (Lipinski definition) is 0. The van der Waals surface area contributed by atoms with Gasteiger partial charge in [-0.25, -0.2) is 0 Å². The smallest absolute Gasteiger partial charge is 0.0151 e. The second-order valence-corrected chi connectivity index (χ2v) is 7.04. The summed E-state index contributed by atoms with van der Waals surface area (Å²) in [6, 6.07) is 6.92. The molecule has 1 heteroatoms. The summed E-state index contributed by atoms with van der Waals surface area (Å²) in [7, 11) is 0. The van der Waals surface area contributed by atoms with Gasteiger partial charge < -0.3 is 0 Å². The average Bonchev–Trinajstić information content (AvgIpc) is 2.52. The maximum atomic E-state index is 3.75. The van der Waals surface area contributed by atoms with Crippen molar-refractivity contribution < 1.29 is 0 Å². The average molecular weight is 281 g/mol. The van der Waals surface area contributed by atoms with E-state index in [0.29, 0.717) is 5.41 Å². The molecule has 1 saturated carbocycles. The van der Waals surface area contributed by atoms with Crippen molar-refractivity contribution in [2.75, 3.05) is 0 Å². The molecular weight excluding hydrogens is 260 g/mol. The van der Waals surface area contributed by atoms with Crippen molar-refractivity contribution in [1.82, 2.24) is 0 Å². The largest absolute Gasteiger partial charge is 0.0890 e. The summed E-state index contributed by atoms with van der Waals surface area (Å²) < 4.78 is 0. The highest BCUT2D eigenvalue weighted by molar-refractivity contribution is 9.09. The van der Waals surface area contributed by atoms with Gasteiger partial charge in [-0.3, -0.25) is 0 Å². The lowest BCUT2D eigenvalue weighted by molar-refractivity contribution is 0.336. The first-order valence-corrected chi connectivity index (χ1v) is 7.10. The van der Waals surface area contributed by atoms with E-state index in [1.807, 2.05) is 0 Å². The standard InChI is InChI=1S/C15H21Br/c1-11-4-5-13(8-12(11)2)9-15(3)7-6-14(16)10-15/h4-5,8,14H,6-7,9-10H2,1-3H3. The van der Waals surface area contributed by atoms with Gasteiger partial charge in [0, 0.05) is 4.83 Å². The van der Waals surface area contributed by atoms with E-state index in [2.05, 4.69) is 54.9 Å². The summed E-state index contributed by atoms with van der Waals surface area (Å²) in [6.45, 7) is 6.83. The highest BCUT2D eigenvalue weighted by atomic mass is 79.9. The van der Waals surface area contributed by atoms with Crippen molar-refractivity contribution in [3.63, 3.8) is 0 Å². The molecule has 0 aliphatic heterocycles. The monoisotopic (exact) mass is 280 g/mol. The van der Waals surface area contributed by atoms with Gasteiger partial charge in [0.05, 0.1) is 0 Å². The summed E-state index contributed by atoms with van der Waals surface area (Å²) in [5.74, 6) is 0. The minimum atomic E-state index is 0.510. The van der Waals surface area contributed by atoms with Crippen LogP contribution >= 0.6 is 15.9 Å². The first-order chi connectivity index (χ1) is 7.48. The van der Waals surface area contributed by atoms with Crippen molar-refractivity contribution in [1.29, 1.82) is 0 Å². The van der Waals surface area contributed by atoms with Crippen LogP contribution in [0.2, 0.25) is 0 Å². The SMILES string of the molecule is Cc1ccc(CC2(C)CCC(Br)C2)cc1C. The van der Waals surface area contributed by atoms with Gasteiger partial charge in [-0.05, 0) is 61.6 Å². The van der Waals surface area contributed by atoms with Gasteiger partial charge in [-0.1, -0.05) is 41.1 Å². The number of aryl methyl sites for hydroxylation is 2. The fourth-order valence-electron chi connectivity index (χ4n) is 2.81. The lowest BCUT2D eigenvalue weighted by atomic mass is 9.82. The van der Waals surface area contributed by atoms with Crippen LogP contribution in [0, 0.1) is 19.3 Å². The van der Waals surface area contributed by atoms with E-state index in [1.165, 1.54) is 42.4 Å². The van der Waals surface area contributed by atoms with Crippen molar-refractivity contribution in [3.05, 3.63) is 34.9 Å². The molecule has 2 unspecified atom stereocenters. The minimum Gasteiger partial charge on any atom is -0.0890 e. The summed E-state index contributed by atoms with van der Waals surface area (Å²) in [6.07, 6.45) is 5.24. The Labute approximate surface area is 108 Å². The molecule has 0 aromatic heterocycles. The van der Waals surface area contributed by atoms with Gasteiger partial charge in [0.15, 0.2) is 0 Å². The quantitative estimate of drug-likeness (QED) is 0.683. The molecule has 16 heavy (non-hydrogen) atoms. The van der Waals surface area contributed by atoms with E-state index in [9.17, 15) is 0 Å². The molecule has 0 amide bonds. The molecule has 0 radical (unpaired) electrons. The predicted octanol–water partition coefficient (Wildman–Crippen LogP) is 4.80. The first kappa shape index (κ1) is 12.2. The van der Waals surface area contributed by atoms with Crippen LogP contribution in [-0.2, 0) is 6.42 Å². The summed E-state index contributed by atoms with van der Waals surface area (Å²) in [4.78, 5) is 0.740. The molecule has 0 N–H and O–H groups in total. The zero-order valence-corrected chi connectivity index (χ0v) is 12.1. The molecule has 0 nitrogen and oxygen atoms in total. The second kappa shape index (κ2) is 4.52. The Morgan fingerprint density at radius 2 is 2.06 bits per heavy atom. The Morgan fingerprint density at radius 1 is 1.31 bits per heavy atom. The van der Waals surface area contributed by atoms with Crippen LogP contribution in [0.25, 0.3) is 0 Å². The van der Waals surface area contributed by atoms with Crippen LogP contribution in [0.1, 0.15) is 42.9 Å². The molecule has 1 aromatic carbocycles. The fourth-order valence-corrected chi connectivity index (χ4v) is 3.82. The van der Waals surface area contributed by atoms with Crippen LogP contribution in [0.15, 0.2) is 18.2 Å². The number of halogens is 1. The van der Waals surface area contributed by atoms with Gasteiger partial charge in [0.1, 0.15) is 0 Å². The summed E-state index contributed by atoms with van der Waals surface area (Å²) >= 11 is 3.75. The zero-order valence-electron chi connectivity index (χ0n) is 10.5. The first-order valence-electron chi connectivity index (χ1n) is 6.19. The topological polar surface area (TPSA) is 0 Å². The van der Waals surface area contributed by atoms with Crippen molar-refractivity contribution in [2.24, 2.45) is 5.41 Å². The van der Waals surface area contributed by atoms with E-state index in [0.717, 1.165) is 4.83 Å². The van der Waals surface area contributed by atoms with E-state index in [1.54, 1.807) is 0 Å². The van der Waals surface area contributed by atoms with Crippen LogP contribution in [0.4, 0.5) is 0 Å². The zero-order chi connectivity index (χ0) is 11.8. The van der Waals surface area contributed by atoms with E-state index in [4.69, 9.17) is 0 Å². The van der Waals surface area contributed by atoms with Crippen LogP contribution < -0.4 is 0 Å². The lowest BCUT2D eigenvalue weighted by Gasteiger charge is -2.24. The maximum Gasteiger partial charge on any atom is 0.0151 e. The Kier molecular flexibility index (Phi) is 3.44. The second-order valence-electron chi connectivity index (χ2n) is 5.75. The van der Waals surface area contributed by atoms with Crippen molar-refractivity contribution in [3.8, 4) is 0 Å². The molecule has 0 heterocycles. The highest BCUT2D eigenvalue weighted by Gasteiger charge is 2.33. The van der Waals surface area contributed by atoms with Gasteiger partial charge in [-0.15, -0.1) is 0 Å². The Morgan fingerprint density at radius 3 is 2.62 bits per heavy atom. The van der Waals surface area contributed by atoms with E-state index >= 15 is 0 Å². The Bertz CT molecular complexity index is 383. The van der Waals surface area contributed by atoms with Crippen LogP contribution in [-0.4, -0.2) is 4.83 Å². The van der Waals surface area contributed by atoms with E-state index < -0.39 is 0 Å². The third kappa shape index (κ3) is 2.68. The molecular formula is C15H21Br. The van der Waals surface area contributed by atoms with E-state index in [-0.39, 0.29) is 0 Å². The van der Waals surface area contributed by atoms with Gasteiger partial charge in [0.25, 0.3) is 0 Å². The summed E-state index contributed by atoms with van der Waals surface area (Å²) in [5.41, 5.74) is 4.84. The van der Waals surface area contributed by atoms with Gasteiger partial charge in [0.2, 0.25) is 0 Å². The molecule has 2 atom stereocenters. The van der Waals surface area contributed by atoms with Crippen molar-refractivity contribution in [2.45, 2.75) is 51.3 Å². The molecule has 1 aliphatic carbocycles. The predicted molar refractivity (Wildman–Crippen MR) is 74.3 cm³/mol. The third-order valence-corrected chi connectivity index (χ3v) is 4.76. The number of hydrogen-bond donors (Lipinski definition) is 0. The molecule has 0 bridgehead atoms. The number of benzene rings is 1. The molecule has 0 spiro atoms. The normalized spacial score (nSPS) is 29.6. The molecule has 2 rings (SSSR count). The molecule has 88 valence electrons. The third-order valence-electron chi connectivity index (χ3n) is 3.98. The molecule has 1 fully saturated rings. The molecule has 1 aliphatic rings. The minimum absolute atomic E-state index is 0.510. The Balaban J connectivity index is 2.12. The fraction of sp³-hybridized carbons (Fsp3) is 0.600. The van der Waals surface area contributed by atoms with Gasteiger partial charge >= 0.3 is 0 Å². The van der Waals surface area contributed by atoms with Crippen LogP contribution in [0.5, 0.6) is 0 Å². The maximum absolute atomic E-state index is 3.75. The molecule has 1 aromatic rings. The van der Waals surface area contributed by atoms with Crippen LogP contribution in [0.3, 0.4) is 0 Å². The lowest BCUT2D eigenvalue weighted by Crippen LogP contribution is -2.15. The molecule has 0 saturated heterocycles. The summed E-state index contributed by atoms with van der Waals surface area (Å²) in [5, 5.41) is 0. The Hall–Kier alpha value is -0.300. The number of alkyl halides is 1. The number of rotatable bonds is 2. The van der Waals surface area contributed by atoms with Gasteiger partial charge in [-0.2, -0.15) is 0 Å².